The number of aromatic nitrogens is 2. The van der Waals surface area contributed by atoms with E-state index in [0.29, 0.717) is 5.03 Å². The number of hydrogen-bond donors (Lipinski definition) is 1. The molecule has 4 aromatic rings. The molecule has 0 aliphatic carbocycles. The minimum atomic E-state index is -0.898. The smallest absolute Gasteiger partial charge is 0.321 e. The van der Waals surface area contributed by atoms with Crippen LogP contribution in [0.1, 0.15) is 16.4 Å². The van der Waals surface area contributed by atoms with E-state index in [2.05, 4.69) is 10.2 Å². The molecule has 28 heavy (non-hydrogen) atoms. The maximum atomic E-state index is 11.9. The van der Waals surface area contributed by atoms with Crippen molar-refractivity contribution in [2.45, 2.75) is 17.2 Å². The summed E-state index contributed by atoms with van der Waals surface area (Å²) in [5.41, 5.74) is 3.70. The van der Waals surface area contributed by atoms with Crippen molar-refractivity contribution in [3.63, 3.8) is 0 Å². The molecule has 0 saturated carbocycles. The second-order valence-electron chi connectivity index (χ2n) is 6.51. The molecule has 1 atom stereocenters. The molecule has 1 unspecified atom stereocenters. The Labute approximate surface area is 167 Å². The molecule has 0 fully saturated rings. The lowest BCUT2D eigenvalue weighted by atomic mass is 10.0. The Kier molecular flexibility index (Phi) is 5.08. The lowest BCUT2D eigenvalue weighted by Gasteiger charge is -2.14. The number of aliphatic carboxylic acids is 1. The van der Waals surface area contributed by atoms with Crippen LogP contribution in [0.3, 0.4) is 0 Å². The summed E-state index contributed by atoms with van der Waals surface area (Å²) in [7, 11) is 0. The predicted molar refractivity (Wildman–Crippen MR) is 112 cm³/mol. The van der Waals surface area contributed by atoms with Crippen molar-refractivity contribution in [1.82, 2.24) is 10.2 Å². The van der Waals surface area contributed by atoms with Gasteiger partial charge in [-0.1, -0.05) is 96.2 Å². The van der Waals surface area contributed by atoms with E-state index < -0.39 is 11.2 Å². The Bertz CT molecular complexity index is 1130. The lowest BCUT2D eigenvalue weighted by molar-refractivity contribution is -0.136. The van der Waals surface area contributed by atoms with Crippen molar-refractivity contribution in [2.24, 2.45) is 0 Å². The fraction of sp³-hybridized carbons (Fsp3) is 0.0870. The summed E-state index contributed by atoms with van der Waals surface area (Å²) in [5, 5.41) is 20.3. The van der Waals surface area contributed by atoms with Gasteiger partial charge in [0, 0.05) is 16.3 Å². The normalized spacial score (nSPS) is 12.0. The van der Waals surface area contributed by atoms with E-state index >= 15 is 0 Å². The maximum absolute atomic E-state index is 11.9. The highest BCUT2D eigenvalue weighted by Crippen LogP contribution is 2.39. The maximum Gasteiger partial charge on any atom is 0.321 e. The van der Waals surface area contributed by atoms with Crippen LogP contribution in [0, 0.1) is 6.92 Å². The second-order valence-corrected chi connectivity index (χ2v) is 7.61. The topological polar surface area (TPSA) is 63.1 Å². The third kappa shape index (κ3) is 3.62. The van der Waals surface area contributed by atoms with E-state index in [0.717, 1.165) is 27.6 Å². The van der Waals surface area contributed by atoms with Gasteiger partial charge in [0.05, 0.1) is 0 Å². The first kappa shape index (κ1) is 18.2. The molecule has 1 heterocycles. The molecule has 138 valence electrons. The van der Waals surface area contributed by atoms with Gasteiger partial charge in [0.15, 0.2) is 0 Å². The van der Waals surface area contributed by atoms with Crippen LogP contribution in [0.2, 0.25) is 0 Å². The molecule has 5 heteroatoms. The quantitative estimate of drug-likeness (QED) is 0.457. The number of benzene rings is 3. The first-order chi connectivity index (χ1) is 13.6. The molecule has 0 aliphatic rings. The Hall–Kier alpha value is -3.18. The van der Waals surface area contributed by atoms with E-state index in [4.69, 9.17) is 0 Å². The van der Waals surface area contributed by atoms with Gasteiger partial charge in [0.2, 0.25) is 0 Å². The summed E-state index contributed by atoms with van der Waals surface area (Å²) < 4.78 is 0. The van der Waals surface area contributed by atoms with Crippen molar-refractivity contribution < 1.29 is 9.90 Å². The first-order valence-electron chi connectivity index (χ1n) is 8.90. The molecule has 1 N–H and O–H groups in total. The van der Waals surface area contributed by atoms with Crippen LogP contribution >= 0.6 is 11.8 Å². The Balaban J connectivity index is 1.79. The van der Waals surface area contributed by atoms with Gasteiger partial charge in [-0.2, -0.15) is 0 Å². The molecule has 3 aromatic carbocycles. The highest BCUT2D eigenvalue weighted by Gasteiger charge is 2.23. The van der Waals surface area contributed by atoms with Gasteiger partial charge in [-0.05, 0) is 12.5 Å². The zero-order chi connectivity index (χ0) is 19.5. The molecule has 4 nitrogen and oxygen atoms in total. The molecular weight excluding hydrogens is 368 g/mol. The number of hydrogen-bond acceptors (Lipinski definition) is 4. The fourth-order valence-electron chi connectivity index (χ4n) is 3.09. The van der Waals surface area contributed by atoms with E-state index in [9.17, 15) is 9.90 Å². The summed E-state index contributed by atoms with van der Waals surface area (Å²) in [6.07, 6.45) is 0. The number of fused-ring (bicyclic) bond motifs is 1. The van der Waals surface area contributed by atoms with Crippen LogP contribution in [0.15, 0.2) is 83.9 Å². The molecule has 0 radical (unpaired) electrons. The summed E-state index contributed by atoms with van der Waals surface area (Å²) >= 11 is 1.21. The number of nitrogens with zero attached hydrogens (tertiary/aromatic N) is 2. The molecule has 0 aliphatic heterocycles. The SMILES string of the molecule is Cc1ccc(-c2nnc(SC(C(=O)O)c3ccccc3)c3ccccc23)cc1. The predicted octanol–water partition coefficient (Wildman–Crippen LogP) is 5.52. The first-order valence-corrected chi connectivity index (χ1v) is 9.78. The number of carbonyl (C=O) groups is 1. The number of rotatable bonds is 5. The van der Waals surface area contributed by atoms with Gasteiger partial charge in [0.1, 0.15) is 16.0 Å². The molecule has 0 spiro atoms. The van der Waals surface area contributed by atoms with Crippen molar-refractivity contribution in [1.29, 1.82) is 0 Å². The van der Waals surface area contributed by atoms with Gasteiger partial charge in [-0.3, -0.25) is 4.79 Å². The number of thioether (sulfide) groups is 1. The Morgan fingerprint density at radius 3 is 2.18 bits per heavy atom. The van der Waals surface area contributed by atoms with E-state index in [1.807, 2.05) is 85.8 Å². The molecule has 0 bridgehead atoms. The van der Waals surface area contributed by atoms with Crippen LogP contribution in [-0.4, -0.2) is 21.3 Å². The van der Waals surface area contributed by atoms with Crippen molar-refractivity contribution in [3.05, 3.63) is 90.0 Å². The lowest BCUT2D eigenvalue weighted by Crippen LogP contribution is -2.08. The van der Waals surface area contributed by atoms with E-state index in [1.54, 1.807) is 0 Å². The van der Waals surface area contributed by atoms with Crippen LogP contribution in [0.25, 0.3) is 22.0 Å². The fourth-order valence-corrected chi connectivity index (χ4v) is 4.10. The minimum absolute atomic E-state index is 0.614. The van der Waals surface area contributed by atoms with Gasteiger partial charge in [-0.15, -0.1) is 10.2 Å². The molecule has 0 saturated heterocycles. The van der Waals surface area contributed by atoms with Crippen LogP contribution in [0.4, 0.5) is 0 Å². The highest BCUT2D eigenvalue weighted by molar-refractivity contribution is 8.00. The molecular formula is C23H18N2O2S. The van der Waals surface area contributed by atoms with Crippen molar-refractivity contribution >= 4 is 28.5 Å². The summed E-state index contributed by atoms with van der Waals surface area (Å²) in [6, 6.07) is 25.2. The average Bonchev–Trinajstić information content (AvgIpc) is 2.73. The Morgan fingerprint density at radius 1 is 0.857 bits per heavy atom. The largest absolute Gasteiger partial charge is 0.480 e. The van der Waals surface area contributed by atoms with Crippen LogP contribution in [0.5, 0.6) is 0 Å². The zero-order valence-corrected chi connectivity index (χ0v) is 16.1. The van der Waals surface area contributed by atoms with E-state index in [1.165, 1.54) is 17.3 Å². The van der Waals surface area contributed by atoms with E-state index in [-0.39, 0.29) is 0 Å². The number of carboxylic acids is 1. The summed E-state index contributed by atoms with van der Waals surface area (Å²) in [5.74, 6) is -0.898. The van der Waals surface area contributed by atoms with Gasteiger partial charge in [0.25, 0.3) is 0 Å². The third-order valence-electron chi connectivity index (χ3n) is 4.53. The monoisotopic (exact) mass is 386 g/mol. The number of carboxylic acid groups (broad SMARTS) is 1. The van der Waals surface area contributed by atoms with Gasteiger partial charge >= 0.3 is 5.97 Å². The summed E-state index contributed by atoms with van der Waals surface area (Å²) in [4.78, 5) is 11.9. The van der Waals surface area contributed by atoms with Gasteiger partial charge in [-0.25, -0.2) is 0 Å². The Morgan fingerprint density at radius 2 is 1.50 bits per heavy atom. The molecule has 1 aromatic heterocycles. The van der Waals surface area contributed by atoms with Crippen molar-refractivity contribution in [3.8, 4) is 11.3 Å². The highest BCUT2D eigenvalue weighted by atomic mass is 32.2. The third-order valence-corrected chi connectivity index (χ3v) is 5.77. The molecule has 4 rings (SSSR count). The van der Waals surface area contributed by atoms with Gasteiger partial charge < -0.3 is 5.11 Å². The van der Waals surface area contributed by atoms with Crippen LogP contribution in [-0.2, 0) is 4.79 Å². The average molecular weight is 386 g/mol. The zero-order valence-electron chi connectivity index (χ0n) is 15.2. The summed E-state index contributed by atoms with van der Waals surface area (Å²) in [6.45, 7) is 2.04. The molecule has 0 amide bonds. The van der Waals surface area contributed by atoms with Crippen molar-refractivity contribution in [2.75, 3.05) is 0 Å². The standard InChI is InChI=1S/C23H18N2O2S/c1-15-11-13-16(14-12-15)20-18-9-5-6-10-19(18)22(25-24-20)28-21(23(26)27)17-7-3-2-4-8-17/h2-14,21H,1H3,(H,26,27). The second kappa shape index (κ2) is 7.82. The number of aryl methyl sites for hydroxylation is 1. The van der Waals surface area contributed by atoms with Crippen LogP contribution < -0.4 is 0 Å². The minimum Gasteiger partial charge on any atom is -0.480 e.